The van der Waals surface area contributed by atoms with Gasteiger partial charge in [-0.15, -0.1) is 0 Å². The highest BCUT2D eigenvalue weighted by Crippen LogP contribution is 2.18. The van der Waals surface area contributed by atoms with Gasteiger partial charge in [0.05, 0.1) is 7.11 Å². The van der Waals surface area contributed by atoms with Crippen LogP contribution < -0.4 is 10.1 Å². The number of aryl methyl sites for hydroxylation is 2. The minimum Gasteiger partial charge on any atom is -0.496 e. The Bertz CT molecular complexity index is 661. The Balaban J connectivity index is 2.09. The van der Waals surface area contributed by atoms with Crippen LogP contribution in [0.25, 0.3) is 6.08 Å². The third kappa shape index (κ3) is 4.14. The van der Waals surface area contributed by atoms with Gasteiger partial charge in [-0.25, -0.2) is 9.97 Å². The van der Waals surface area contributed by atoms with E-state index in [4.69, 9.17) is 4.74 Å². The van der Waals surface area contributed by atoms with Crippen molar-refractivity contribution in [2.75, 3.05) is 12.4 Å². The third-order valence-electron chi connectivity index (χ3n) is 2.77. The highest BCUT2D eigenvalue weighted by atomic mass is 16.5. The minimum atomic E-state index is -0.286. The molecule has 0 saturated heterocycles. The molecule has 0 spiro atoms. The number of nitrogens with zero attached hydrogens (tertiary/aromatic N) is 2. The first-order valence-corrected chi connectivity index (χ1v) is 6.53. The average Bonchev–Trinajstić information content (AvgIpc) is 2.44. The van der Waals surface area contributed by atoms with E-state index in [0.29, 0.717) is 11.7 Å². The summed E-state index contributed by atoms with van der Waals surface area (Å²) in [5.41, 5.74) is 2.45. The van der Waals surface area contributed by atoms with Crippen LogP contribution in [0.3, 0.4) is 0 Å². The largest absolute Gasteiger partial charge is 0.496 e. The predicted molar refractivity (Wildman–Crippen MR) is 82.2 cm³/mol. The Morgan fingerprint density at radius 1 is 1.19 bits per heavy atom. The SMILES string of the molecule is COc1ccccc1C=CC(=O)Nc1nc(C)cc(C)n1. The molecule has 0 unspecified atom stereocenters. The minimum absolute atomic E-state index is 0.286. The van der Waals surface area contributed by atoms with E-state index in [2.05, 4.69) is 15.3 Å². The monoisotopic (exact) mass is 283 g/mol. The van der Waals surface area contributed by atoms with Crippen LogP contribution in [0.5, 0.6) is 5.75 Å². The van der Waals surface area contributed by atoms with Crippen LogP contribution in [-0.4, -0.2) is 23.0 Å². The zero-order valence-electron chi connectivity index (χ0n) is 12.3. The Morgan fingerprint density at radius 2 is 1.86 bits per heavy atom. The van der Waals surface area contributed by atoms with E-state index >= 15 is 0 Å². The van der Waals surface area contributed by atoms with Gasteiger partial charge in [-0.1, -0.05) is 18.2 Å². The van der Waals surface area contributed by atoms with E-state index in [0.717, 1.165) is 17.0 Å². The standard InChI is InChI=1S/C16H17N3O2/c1-11-10-12(2)18-16(17-11)19-15(20)9-8-13-6-4-5-7-14(13)21-3/h4-10H,1-3H3,(H,17,18,19,20). The lowest BCUT2D eigenvalue weighted by atomic mass is 10.2. The molecule has 0 aliphatic heterocycles. The lowest BCUT2D eigenvalue weighted by Crippen LogP contribution is -2.11. The number of benzene rings is 1. The molecule has 1 aromatic carbocycles. The normalized spacial score (nSPS) is 10.6. The van der Waals surface area contributed by atoms with Gasteiger partial charge in [-0.05, 0) is 32.1 Å². The summed E-state index contributed by atoms with van der Waals surface area (Å²) < 4.78 is 5.22. The van der Waals surface area contributed by atoms with Gasteiger partial charge in [0.25, 0.3) is 5.91 Å². The summed E-state index contributed by atoms with van der Waals surface area (Å²) >= 11 is 0. The van der Waals surface area contributed by atoms with Gasteiger partial charge in [-0.3, -0.25) is 10.1 Å². The van der Waals surface area contributed by atoms with E-state index in [9.17, 15) is 4.79 Å². The van der Waals surface area contributed by atoms with Gasteiger partial charge >= 0.3 is 0 Å². The number of hydrogen-bond acceptors (Lipinski definition) is 4. The van der Waals surface area contributed by atoms with Crippen molar-refractivity contribution in [2.45, 2.75) is 13.8 Å². The number of para-hydroxylation sites is 1. The zero-order valence-corrected chi connectivity index (χ0v) is 12.3. The topological polar surface area (TPSA) is 64.1 Å². The first-order valence-electron chi connectivity index (χ1n) is 6.53. The third-order valence-corrected chi connectivity index (χ3v) is 2.77. The lowest BCUT2D eigenvalue weighted by Gasteiger charge is -2.04. The number of ether oxygens (including phenoxy) is 1. The number of rotatable bonds is 4. The Labute approximate surface area is 123 Å². The van der Waals surface area contributed by atoms with Gasteiger partial charge in [-0.2, -0.15) is 0 Å². The van der Waals surface area contributed by atoms with E-state index < -0.39 is 0 Å². The first kappa shape index (κ1) is 14.7. The summed E-state index contributed by atoms with van der Waals surface area (Å²) in [6, 6.07) is 9.31. The molecule has 0 aliphatic carbocycles. The second-order valence-electron chi connectivity index (χ2n) is 4.54. The molecule has 21 heavy (non-hydrogen) atoms. The van der Waals surface area contributed by atoms with Crippen molar-refractivity contribution in [3.05, 3.63) is 53.4 Å². The molecule has 0 bridgehead atoms. The Kier molecular flexibility index (Phi) is 4.66. The highest BCUT2D eigenvalue weighted by molar-refractivity contribution is 6.01. The van der Waals surface area contributed by atoms with Crippen LogP contribution in [-0.2, 0) is 4.79 Å². The summed E-state index contributed by atoms with van der Waals surface area (Å²) in [5, 5.41) is 2.64. The van der Waals surface area contributed by atoms with Gasteiger partial charge in [0, 0.05) is 23.0 Å². The molecule has 0 radical (unpaired) electrons. The molecule has 2 aromatic rings. The molecular formula is C16H17N3O2. The van der Waals surface area contributed by atoms with E-state index in [1.54, 1.807) is 13.2 Å². The summed E-state index contributed by atoms with van der Waals surface area (Å²) in [6.45, 7) is 3.71. The van der Waals surface area contributed by atoms with E-state index in [1.807, 2.05) is 44.2 Å². The van der Waals surface area contributed by atoms with Crippen molar-refractivity contribution < 1.29 is 9.53 Å². The van der Waals surface area contributed by atoms with Crippen molar-refractivity contribution in [1.29, 1.82) is 0 Å². The van der Waals surface area contributed by atoms with Crippen LogP contribution in [0.15, 0.2) is 36.4 Å². The number of carbonyl (C=O) groups is 1. The molecule has 0 fully saturated rings. The molecule has 0 aliphatic rings. The quantitative estimate of drug-likeness (QED) is 0.876. The van der Waals surface area contributed by atoms with E-state index in [-0.39, 0.29) is 5.91 Å². The second kappa shape index (κ2) is 6.65. The molecule has 1 heterocycles. The van der Waals surface area contributed by atoms with Crippen LogP contribution in [0, 0.1) is 13.8 Å². The lowest BCUT2D eigenvalue weighted by molar-refractivity contribution is -0.111. The van der Waals surface area contributed by atoms with Gasteiger partial charge < -0.3 is 4.74 Å². The number of anilines is 1. The average molecular weight is 283 g/mol. The first-order chi connectivity index (χ1) is 10.1. The van der Waals surface area contributed by atoms with E-state index in [1.165, 1.54) is 6.08 Å². The number of carbonyl (C=O) groups excluding carboxylic acids is 1. The second-order valence-corrected chi connectivity index (χ2v) is 4.54. The number of methoxy groups -OCH3 is 1. The van der Waals surface area contributed by atoms with Crippen molar-refractivity contribution in [2.24, 2.45) is 0 Å². The molecule has 1 aromatic heterocycles. The van der Waals surface area contributed by atoms with Crippen molar-refractivity contribution in [3.63, 3.8) is 0 Å². The van der Waals surface area contributed by atoms with Crippen LogP contribution >= 0.6 is 0 Å². The molecule has 1 amide bonds. The van der Waals surface area contributed by atoms with Crippen LogP contribution in [0.2, 0.25) is 0 Å². The number of amides is 1. The maximum Gasteiger partial charge on any atom is 0.250 e. The molecule has 5 nitrogen and oxygen atoms in total. The smallest absolute Gasteiger partial charge is 0.250 e. The summed E-state index contributed by atoms with van der Waals surface area (Å²) in [6.07, 6.45) is 3.12. The Hall–Kier alpha value is -2.69. The molecule has 0 atom stereocenters. The fourth-order valence-corrected chi connectivity index (χ4v) is 1.90. The van der Waals surface area contributed by atoms with Gasteiger partial charge in [0.1, 0.15) is 5.75 Å². The van der Waals surface area contributed by atoms with Crippen molar-refractivity contribution >= 4 is 17.9 Å². The summed E-state index contributed by atoms with van der Waals surface area (Å²) in [4.78, 5) is 20.2. The predicted octanol–water partition coefficient (Wildman–Crippen LogP) is 2.75. The summed E-state index contributed by atoms with van der Waals surface area (Å²) in [7, 11) is 1.59. The maximum atomic E-state index is 11.9. The highest BCUT2D eigenvalue weighted by Gasteiger charge is 2.03. The molecular weight excluding hydrogens is 266 g/mol. The van der Waals surface area contributed by atoms with Crippen LogP contribution in [0.4, 0.5) is 5.95 Å². The van der Waals surface area contributed by atoms with Crippen LogP contribution in [0.1, 0.15) is 17.0 Å². The fraction of sp³-hybridized carbons (Fsp3) is 0.188. The Morgan fingerprint density at radius 3 is 2.52 bits per heavy atom. The van der Waals surface area contributed by atoms with Crippen molar-refractivity contribution in [3.8, 4) is 5.75 Å². The molecule has 2 rings (SSSR count). The van der Waals surface area contributed by atoms with Gasteiger partial charge in [0.15, 0.2) is 0 Å². The summed E-state index contributed by atoms with van der Waals surface area (Å²) in [5.74, 6) is 0.734. The molecule has 0 saturated carbocycles. The molecule has 5 heteroatoms. The number of hydrogen-bond donors (Lipinski definition) is 1. The zero-order chi connectivity index (χ0) is 15.2. The molecule has 108 valence electrons. The van der Waals surface area contributed by atoms with Gasteiger partial charge in [0.2, 0.25) is 5.95 Å². The van der Waals surface area contributed by atoms with Crippen molar-refractivity contribution in [1.82, 2.24) is 9.97 Å². The number of nitrogens with one attached hydrogen (secondary N) is 1. The maximum absolute atomic E-state index is 11.9. The number of aromatic nitrogens is 2. The fourth-order valence-electron chi connectivity index (χ4n) is 1.90. The molecule has 1 N–H and O–H groups in total.